The predicted octanol–water partition coefficient (Wildman–Crippen LogP) is 5.15. The Labute approximate surface area is 147 Å². The maximum Gasteiger partial charge on any atom is 0.262 e. The van der Waals surface area contributed by atoms with Crippen molar-refractivity contribution in [2.24, 2.45) is 0 Å². The highest BCUT2D eigenvalue weighted by Gasteiger charge is 2.10. The normalized spacial score (nSPS) is 10.4. The van der Waals surface area contributed by atoms with Crippen LogP contribution in [0.5, 0.6) is 5.75 Å². The van der Waals surface area contributed by atoms with Crippen LogP contribution in [-0.2, 0) is 4.79 Å². The third kappa shape index (κ3) is 4.34. The number of rotatable bonds is 4. The number of ether oxygens (including phenoxy) is 1. The Bertz CT molecular complexity index is 691. The molecule has 2 aromatic rings. The van der Waals surface area contributed by atoms with Gasteiger partial charge in [-0.25, -0.2) is 0 Å². The van der Waals surface area contributed by atoms with Gasteiger partial charge in [-0.2, -0.15) is 0 Å². The zero-order valence-corrected chi connectivity index (χ0v) is 15.8. The van der Waals surface area contributed by atoms with E-state index in [4.69, 9.17) is 4.74 Å². The fraction of sp³-hybridized carbons (Fsp3) is 0.235. The highest BCUT2D eigenvalue weighted by molar-refractivity contribution is 9.11. The van der Waals surface area contributed by atoms with Crippen molar-refractivity contribution in [1.82, 2.24) is 0 Å². The number of nitrogens with one attached hydrogen (secondary N) is 1. The molecule has 0 aliphatic carbocycles. The summed E-state index contributed by atoms with van der Waals surface area (Å²) in [5.41, 5.74) is 3.91. The fourth-order valence-corrected chi connectivity index (χ4v) is 3.62. The Kier molecular flexibility index (Phi) is 5.64. The molecule has 2 rings (SSSR count). The number of benzene rings is 2. The highest BCUT2D eigenvalue weighted by Crippen LogP contribution is 2.32. The van der Waals surface area contributed by atoms with E-state index in [0.717, 1.165) is 31.3 Å². The zero-order chi connectivity index (χ0) is 16.3. The molecule has 0 atom stereocenters. The molecule has 1 amide bonds. The standard InChI is InChI=1S/C17H17Br2NO2/c1-10-4-5-11(2)15(6-10)20-16(21)9-22-17-12(3)7-13(18)8-14(17)19/h4-8H,9H2,1-3H3,(H,20,21). The first-order valence-electron chi connectivity index (χ1n) is 6.82. The molecular weight excluding hydrogens is 410 g/mol. The molecule has 116 valence electrons. The van der Waals surface area contributed by atoms with E-state index in [2.05, 4.69) is 37.2 Å². The van der Waals surface area contributed by atoms with Gasteiger partial charge in [-0.05, 0) is 71.6 Å². The number of carbonyl (C=O) groups is 1. The molecule has 0 heterocycles. The molecule has 0 radical (unpaired) electrons. The van der Waals surface area contributed by atoms with Crippen molar-refractivity contribution in [1.29, 1.82) is 0 Å². The molecule has 0 saturated heterocycles. The van der Waals surface area contributed by atoms with Crippen molar-refractivity contribution in [2.75, 3.05) is 11.9 Å². The van der Waals surface area contributed by atoms with Gasteiger partial charge in [0.2, 0.25) is 0 Å². The molecule has 1 N–H and O–H groups in total. The van der Waals surface area contributed by atoms with Gasteiger partial charge in [-0.15, -0.1) is 0 Å². The van der Waals surface area contributed by atoms with E-state index in [0.29, 0.717) is 5.75 Å². The van der Waals surface area contributed by atoms with Crippen LogP contribution in [-0.4, -0.2) is 12.5 Å². The molecule has 3 nitrogen and oxygen atoms in total. The largest absolute Gasteiger partial charge is 0.482 e. The van der Waals surface area contributed by atoms with E-state index in [1.54, 1.807) is 0 Å². The average molecular weight is 427 g/mol. The van der Waals surface area contributed by atoms with Crippen LogP contribution in [0.25, 0.3) is 0 Å². The minimum Gasteiger partial charge on any atom is -0.482 e. The van der Waals surface area contributed by atoms with Crippen LogP contribution in [0.1, 0.15) is 16.7 Å². The fourth-order valence-electron chi connectivity index (χ4n) is 2.07. The third-order valence-electron chi connectivity index (χ3n) is 3.21. The predicted molar refractivity (Wildman–Crippen MR) is 96.6 cm³/mol. The lowest BCUT2D eigenvalue weighted by Gasteiger charge is -2.13. The van der Waals surface area contributed by atoms with Gasteiger partial charge in [0.15, 0.2) is 6.61 Å². The number of hydrogen-bond donors (Lipinski definition) is 1. The van der Waals surface area contributed by atoms with Crippen molar-refractivity contribution in [2.45, 2.75) is 20.8 Å². The number of halogens is 2. The molecule has 0 fully saturated rings. The first kappa shape index (κ1) is 17.0. The molecule has 0 aromatic heterocycles. The molecule has 22 heavy (non-hydrogen) atoms. The summed E-state index contributed by atoms with van der Waals surface area (Å²) in [4.78, 5) is 12.1. The van der Waals surface area contributed by atoms with Gasteiger partial charge in [0.1, 0.15) is 5.75 Å². The van der Waals surface area contributed by atoms with Gasteiger partial charge >= 0.3 is 0 Å². The first-order chi connectivity index (χ1) is 10.4. The summed E-state index contributed by atoms with van der Waals surface area (Å²) in [5.74, 6) is 0.502. The molecule has 0 bridgehead atoms. The molecule has 0 saturated carbocycles. The maximum absolute atomic E-state index is 12.1. The minimum absolute atomic E-state index is 0.0333. The van der Waals surface area contributed by atoms with E-state index in [-0.39, 0.29) is 12.5 Å². The van der Waals surface area contributed by atoms with Crippen LogP contribution < -0.4 is 10.1 Å². The molecule has 2 aromatic carbocycles. The second kappa shape index (κ2) is 7.29. The van der Waals surface area contributed by atoms with Gasteiger partial charge in [-0.1, -0.05) is 28.1 Å². The molecular formula is C17H17Br2NO2. The Morgan fingerprint density at radius 2 is 1.82 bits per heavy atom. The van der Waals surface area contributed by atoms with Gasteiger partial charge in [0.05, 0.1) is 4.47 Å². The van der Waals surface area contributed by atoms with E-state index < -0.39 is 0 Å². The number of hydrogen-bond acceptors (Lipinski definition) is 2. The summed E-state index contributed by atoms with van der Waals surface area (Å²) in [6.45, 7) is 5.86. The van der Waals surface area contributed by atoms with Crippen LogP contribution in [0.4, 0.5) is 5.69 Å². The Morgan fingerprint density at radius 1 is 1.09 bits per heavy atom. The quantitative estimate of drug-likeness (QED) is 0.733. The maximum atomic E-state index is 12.1. The molecule has 0 aliphatic rings. The lowest BCUT2D eigenvalue weighted by Crippen LogP contribution is -2.21. The monoisotopic (exact) mass is 425 g/mol. The molecule has 0 spiro atoms. The van der Waals surface area contributed by atoms with Crippen molar-refractivity contribution in [3.05, 3.63) is 56.0 Å². The number of carbonyl (C=O) groups excluding carboxylic acids is 1. The van der Waals surface area contributed by atoms with E-state index in [9.17, 15) is 4.79 Å². The highest BCUT2D eigenvalue weighted by atomic mass is 79.9. The molecule has 0 unspecified atom stereocenters. The third-order valence-corrected chi connectivity index (χ3v) is 4.26. The van der Waals surface area contributed by atoms with Gasteiger partial charge in [0.25, 0.3) is 5.91 Å². The van der Waals surface area contributed by atoms with Crippen molar-refractivity contribution < 1.29 is 9.53 Å². The van der Waals surface area contributed by atoms with E-state index in [1.807, 2.05) is 51.1 Å². The minimum atomic E-state index is -0.178. The lowest BCUT2D eigenvalue weighted by atomic mass is 10.1. The van der Waals surface area contributed by atoms with Crippen molar-refractivity contribution in [3.8, 4) is 5.75 Å². The SMILES string of the molecule is Cc1ccc(C)c(NC(=O)COc2c(C)cc(Br)cc2Br)c1. The average Bonchev–Trinajstić information content (AvgIpc) is 2.41. The van der Waals surface area contributed by atoms with Crippen LogP contribution in [0.15, 0.2) is 39.3 Å². The van der Waals surface area contributed by atoms with Gasteiger partial charge < -0.3 is 10.1 Å². The second-order valence-corrected chi connectivity index (χ2v) is 6.96. The topological polar surface area (TPSA) is 38.3 Å². The number of anilines is 1. The Hall–Kier alpha value is -1.33. The van der Waals surface area contributed by atoms with Crippen LogP contribution in [0.3, 0.4) is 0 Å². The smallest absolute Gasteiger partial charge is 0.262 e. The van der Waals surface area contributed by atoms with Crippen molar-refractivity contribution >= 4 is 43.5 Å². The molecule has 5 heteroatoms. The summed E-state index contributed by atoms with van der Waals surface area (Å²) in [6.07, 6.45) is 0. The summed E-state index contributed by atoms with van der Waals surface area (Å²) in [6, 6.07) is 9.80. The van der Waals surface area contributed by atoms with Crippen LogP contribution in [0, 0.1) is 20.8 Å². The zero-order valence-electron chi connectivity index (χ0n) is 12.7. The number of aryl methyl sites for hydroxylation is 3. The number of amides is 1. The molecule has 0 aliphatic heterocycles. The summed E-state index contributed by atoms with van der Waals surface area (Å²) in [5, 5.41) is 2.88. The van der Waals surface area contributed by atoms with Crippen molar-refractivity contribution in [3.63, 3.8) is 0 Å². The van der Waals surface area contributed by atoms with E-state index in [1.165, 1.54) is 0 Å². The summed E-state index contributed by atoms with van der Waals surface area (Å²) >= 11 is 6.87. The van der Waals surface area contributed by atoms with Gasteiger partial charge in [-0.3, -0.25) is 4.79 Å². The Morgan fingerprint density at radius 3 is 2.50 bits per heavy atom. The second-order valence-electron chi connectivity index (χ2n) is 5.19. The summed E-state index contributed by atoms with van der Waals surface area (Å²) in [7, 11) is 0. The first-order valence-corrected chi connectivity index (χ1v) is 8.41. The summed E-state index contributed by atoms with van der Waals surface area (Å²) < 4.78 is 7.43. The van der Waals surface area contributed by atoms with Crippen LogP contribution >= 0.6 is 31.9 Å². The van der Waals surface area contributed by atoms with Crippen LogP contribution in [0.2, 0.25) is 0 Å². The van der Waals surface area contributed by atoms with E-state index >= 15 is 0 Å². The van der Waals surface area contributed by atoms with Gasteiger partial charge in [0, 0.05) is 10.2 Å². The lowest BCUT2D eigenvalue weighted by molar-refractivity contribution is -0.118. The Balaban J connectivity index is 2.03.